The summed E-state index contributed by atoms with van der Waals surface area (Å²) >= 11 is 0. The summed E-state index contributed by atoms with van der Waals surface area (Å²) in [6, 6.07) is 13.2. The summed E-state index contributed by atoms with van der Waals surface area (Å²) in [5.74, 6) is -0.874. The first-order valence-corrected chi connectivity index (χ1v) is 8.32. The number of benzene rings is 2. The van der Waals surface area contributed by atoms with Crippen molar-refractivity contribution in [3.8, 4) is 0 Å². The zero-order chi connectivity index (χ0) is 15.5. The maximum Gasteiger partial charge on any atom is 0.216 e. The van der Waals surface area contributed by atoms with Crippen LogP contribution in [0.1, 0.15) is 29.7 Å². The van der Waals surface area contributed by atoms with Crippen LogP contribution >= 0.6 is 0 Å². The van der Waals surface area contributed by atoms with Gasteiger partial charge in [-0.15, -0.1) is 0 Å². The molecule has 1 atom stereocenters. The third-order valence-electron chi connectivity index (χ3n) is 3.24. The molecule has 0 aliphatic rings. The molecule has 21 heavy (non-hydrogen) atoms. The molecule has 0 aromatic heterocycles. The largest absolute Gasteiger partial charge is 0.216 e. The Balaban J connectivity index is 2.10. The molecule has 0 saturated heterocycles. The highest BCUT2D eigenvalue weighted by Crippen LogP contribution is 2.16. The molecule has 1 N–H and O–H groups in total. The Morgan fingerprint density at radius 1 is 1.10 bits per heavy atom. The van der Waals surface area contributed by atoms with Crippen molar-refractivity contribution in [2.45, 2.75) is 25.6 Å². The number of nitrogens with one attached hydrogen (secondary N) is 1. The van der Waals surface area contributed by atoms with E-state index in [2.05, 4.69) is 4.72 Å². The first-order chi connectivity index (χ1) is 9.87. The predicted molar refractivity (Wildman–Crippen MR) is 81.8 cm³/mol. The molecule has 0 heterocycles. The lowest BCUT2D eigenvalue weighted by Gasteiger charge is -2.15. The molecule has 2 aromatic rings. The van der Waals surface area contributed by atoms with Gasteiger partial charge in [0.1, 0.15) is 5.82 Å². The average Bonchev–Trinajstić information content (AvgIpc) is 2.41. The summed E-state index contributed by atoms with van der Waals surface area (Å²) in [5, 5.41) is 0. The fourth-order valence-corrected chi connectivity index (χ4v) is 3.46. The Morgan fingerprint density at radius 3 is 2.33 bits per heavy atom. The lowest BCUT2D eigenvalue weighted by atomic mass is 10.1. The van der Waals surface area contributed by atoms with Gasteiger partial charge in [0.15, 0.2) is 0 Å². The Morgan fingerprint density at radius 2 is 1.71 bits per heavy atom. The summed E-state index contributed by atoms with van der Waals surface area (Å²) in [5.41, 5.74) is 2.15. The van der Waals surface area contributed by atoms with Gasteiger partial charge in [0, 0.05) is 11.6 Å². The first-order valence-electron chi connectivity index (χ1n) is 6.67. The zero-order valence-electron chi connectivity index (χ0n) is 12.0. The maximum atomic E-state index is 13.5. The van der Waals surface area contributed by atoms with E-state index in [9.17, 15) is 12.8 Å². The van der Waals surface area contributed by atoms with E-state index in [1.807, 2.05) is 31.2 Å². The summed E-state index contributed by atoms with van der Waals surface area (Å²) in [6.45, 7) is 3.74. The van der Waals surface area contributed by atoms with E-state index in [-0.39, 0.29) is 17.4 Å². The minimum Gasteiger partial charge on any atom is -0.212 e. The van der Waals surface area contributed by atoms with Gasteiger partial charge >= 0.3 is 0 Å². The Bertz CT molecular complexity index is 711. The molecule has 3 nitrogen and oxygen atoms in total. The van der Waals surface area contributed by atoms with Crippen LogP contribution in [0.4, 0.5) is 4.39 Å². The zero-order valence-corrected chi connectivity index (χ0v) is 12.8. The van der Waals surface area contributed by atoms with Crippen LogP contribution in [0.25, 0.3) is 0 Å². The highest BCUT2D eigenvalue weighted by Gasteiger charge is 2.18. The van der Waals surface area contributed by atoms with Crippen LogP contribution < -0.4 is 4.72 Å². The molecule has 5 heteroatoms. The summed E-state index contributed by atoms with van der Waals surface area (Å²) in [4.78, 5) is 0. The van der Waals surface area contributed by atoms with Gasteiger partial charge in [-0.1, -0.05) is 48.0 Å². The summed E-state index contributed by atoms with van der Waals surface area (Å²) < 4.78 is 40.4. The number of aryl methyl sites for hydroxylation is 1. The molecule has 112 valence electrons. The fourth-order valence-electron chi connectivity index (χ4n) is 2.05. The van der Waals surface area contributed by atoms with Crippen molar-refractivity contribution in [3.63, 3.8) is 0 Å². The normalized spacial score (nSPS) is 13.1. The molecule has 0 radical (unpaired) electrons. The SMILES string of the molecule is Cc1ccc([C@@H](C)NS(=O)(=O)Cc2ccccc2F)cc1. The van der Waals surface area contributed by atoms with Gasteiger partial charge in [0.2, 0.25) is 10.0 Å². The molecule has 0 fully saturated rings. The molecule has 0 amide bonds. The van der Waals surface area contributed by atoms with E-state index in [0.29, 0.717) is 0 Å². The molecular weight excluding hydrogens is 289 g/mol. The number of sulfonamides is 1. The third kappa shape index (κ3) is 4.37. The lowest BCUT2D eigenvalue weighted by molar-refractivity contribution is 0.561. The summed E-state index contributed by atoms with van der Waals surface area (Å²) in [6.07, 6.45) is 0. The molecule has 0 spiro atoms. The maximum absolute atomic E-state index is 13.5. The number of hydrogen-bond acceptors (Lipinski definition) is 2. The summed E-state index contributed by atoms with van der Waals surface area (Å²) in [7, 11) is -3.60. The standard InChI is InChI=1S/C16H18FNO2S/c1-12-7-9-14(10-8-12)13(2)18-21(19,20)11-15-5-3-4-6-16(15)17/h3-10,13,18H,11H2,1-2H3/t13-/m1/s1. The van der Waals surface area contributed by atoms with Crippen molar-refractivity contribution >= 4 is 10.0 Å². The van der Waals surface area contributed by atoms with Gasteiger partial charge in [-0.25, -0.2) is 17.5 Å². The van der Waals surface area contributed by atoms with E-state index >= 15 is 0 Å². The average molecular weight is 307 g/mol. The van der Waals surface area contributed by atoms with Crippen LogP contribution in [-0.4, -0.2) is 8.42 Å². The number of rotatable bonds is 5. The van der Waals surface area contributed by atoms with Gasteiger partial charge in [-0.2, -0.15) is 0 Å². The number of hydrogen-bond donors (Lipinski definition) is 1. The Hall–Kier alpha value is -1.72. The van der Waals surface area contributed by atoms with Gasteiger partial charge in [-0.3, -0.25) is 0 Å². The van der Waals surface area contributed by atoms with Crippen molar-refractivity contribution < 1.29 is 12.8 Å². The Kier molecular flexibility index (Phi) is 4.75. The van der Waals surface area contributed by atoms with Crippen molar-refractivity contribution in [2.75, 3.05) is 0 Å². The molecule has 0 bridgehead atoms. The second kappa shape index (κ2) is 6.37. The van der Waals surface area contributed by atoms with E-state index in [1.54, 1.807) is 13.0 Å². The minimum atomic E-state index is -3.60. The van der Waals surface area contributed by atoms with Crippen LogP contribution in [0.15, 0.2) is 48.5 Å². The quantitative estimate of drug-likeness (QED) is 0.921. The number of halogens is 1. The topological polar surface area (TPSA) is 46.2 Å². The Labute approximate surface area is 124 Å². The smallest absolute Gasteiger partial charge is 0.212 e. The van der Waals surface area contributed by atoms with Gasteiger partial charge in [0.25, 0.3) is 0 Å². The van der Waals surface area contributed by atoms with Crippen molar-refractivity contribution in [1.29, 1.82) is 0 Å². The van der Waals surface area contributed by atoms with Crippen LogP contribution in [0.3, 0.4) is 0 Å². The predicted octanol–water partition coefficient (Wildman–Crippen LogP) is 3.31. The molecule has 2 aromatic carbocycles. The van der Waals surface area contributed by atoms with Crippen molar-refractivity contribution in [1.82, 2.24) is 4.72 Å². The van der Waals surface area contributed by atoms with E-state index in [0.717, 1.165) is 11.1 Å². The van der Waals surface area contributed by atoms with Crippen molar-refractivity contribution in [3.05, 3.63) is 71.0 Å². The van der Waals surface area contributed by atoms with Crippen molar-refractivity contribution in [2.24, 2.45) is 0 Å². The van der Waals surface area contributed by atoms with Crippen LogP contribution in [0.5, 0.6) is 0 Å². The molecular formula is C16H18FNO2S. The fraction of sp³-hybridized carbons (Fsp3) is 0.250. The first kappa shape index (κ1) is 15.7. The van der Waals surface area contributed by atoms with E-state index < -0.39 is 15.8 Å². The molecule has 0 aliphatic heterocycles. The molecule has 0 aliphatic carbocycles. The minimum absolute atomic E-state index is 0.168. The lowest BCUT2D eigenvalue weighted by Crippen LogP contribution is -2.28. The highest BCUT2D eigenvalue weighted by atomic mass is 32.2. The highest BCUT2D eigenvalue weighted by molar-refractivity contribution is 7.88. The van der Waals surface area contributed by atoms with Crippen LogP contribution in [-0.2, 0) is 15.8 Å². The van der Waals surface area contributed by atoms with Crippen LogP contribution in [0.2, 0.25) is 0 Å². The second-order valence-electron chi connectivity index (χ2n) is 5.10. The third-order valence-corrected chi connectivity index (χ3v) is 4.64. The van der Waals surface area contributed by atoms with E-state index in [4.69, 9.17) is 0 Å². The van der Waals surface area contributed by atoms with Crippen LogP contribution in [0, 0.1) is 12.7 Å². The van der Waals surface area contributed by atoms with Gasteiger partial charge in [0.05, 0.1) is 5.75 Å². The second-order valence-corrected chi connectivity index (χ2v) is 6.85. The molecule has 2 rings (SSSR count). The van der Waals surface area contributed by atoms with E-state index in [1.165, 1.54) is 18.2 Å². The van der Waals surface area contributed by atoms with Gasteiger partial charge < -0.3 is 0 Å². The molecule has 0 saturated carbocycles. The van der Waals surface area contributed by atoms with Gasteiger partial charge in [-0.05, 0) is 25.5 Å². The monoisotopic (exact) mass is 307 g/mol. The molecule has 0 unspecified atom stereocenters.